The molecule has 0 aliphatic heterocycles. The minimum absolute atomic E-state index is 0.0141. The molecule has 70 valence electrons. The molecule has 0 heterocycles. The van der Waals surface area contributed by atoms with Crippen LogP contribution in [0.4, 0.5) is 10.5 Å². The Morgan fingerprint density at radius 3 is 2.85 bits per heavy atom. The molecular formula is C8H8BrNO3. The Morgan fingerprint density at radius 2 is 2.31 bits per heavy atom. The van der Waals surface area contributed by atoms with Crippen LogP contribution in [0.2, 0.25) is 0 Å². The summed E-state index contributed by atoms with van der Waals surface area (Å²) in [7, 11) is 1.26. The lowest BCUT2D eigenvalue weighted by Crippen LogP contribution is -2.10. The Kier molecular flexibility index (Phi) is 3.13. The maximum atomic E-state index is 10.8. The summed E-state index contributed by atoms with van der Waals surface area (Å²) in [6.45, 7) is 0. The Bertz CT molecular complexity index is 327. The number of phenolic OH excluding ortho intramolecular Hbond substituents is 1. The molecule has 0 unspecified atom stereocenters. The minimum Gasteiger partial charge on any atom is -0.506 e. The molecular weight excluding hydrogens is 238 g/mol. The highest BCUT2D eigenvalue weighted by Gasteiger charge is 2.05. The topological polar surface area (TPSA) is 58.6 Å². The number of hydrogen-bond acceptors (Lipinski definition) is 3. The van der Waals surface area contributed by atoms with Gasteiger partial charge in [0.2, 0.25) is 0 Å². The van der Waals surface area contributed by atoms with Crippen LogP contribution in [0.3, 0.4) is 0 Å². The first-order valence-corrected chi connectivity index (χ1v) is 4.26. The van der Waals surface area contributed by atoms with Gasteiger partial charge in [-0.15, -0.1) is 0 Å². The molecule has 0 saturated carbocycles. The van der Waals surface area contributed by atoms with E-state index in [2.05, 4.69) is 26.0 Å². The van der Waals surface area contributed by atoms with E-state index in [0.29, 0.717) is 5.69 Å². The number of aromatic hydroxyl groups is 1. The van der Waals surface area contributed by atoms with Crippen LogP contribution < -0.4 is 5.32 Å². The monoisotopic (exact) mass is 245 g/mol. The van der Waals surface area contributed by atoms with Gasteiger partial charge in [0, 0.05) is 4.47 Å². The molecule has 0 aliphatic rings. The number of nitrogens with one attached hydrogen (secondary N) is 1. The highest BCUT2D eigenvalue weighted by molar-refractivity contribution is 9.10. The second kappa shape index (κ2) is 4.13. The SMILES string of the molecule is COC(=O)Nc1ccc(Br)cc1O. The van der Waals surface area contributed by atoms with Crippen molar-refractivity contribution in [3.05, 3.63) is 22.7 Å². The van der Waals surface area contributed by atoms with Crippen molar-refractivity contribution in [3.63, 3.8) is 0 Å². The lowest BCUT2D eigenvalue weighted by Gasteiger charge is -2.05. The van der Waals surface area contributed by atoms with Crippen molar-refractivity contribution in [2.75, 3.05) is 12.4 Å². The number of carbonyl (C=O) groups is 1. The molecule has 5 heteroatoms. The van der Waals surface area contributed by atoms with Crippen LogP contribution in [0.15, 0.2) is 22.7 Å². The molecule has 4 nitrogen and oxygen atoms in total. The smallest absolute Gasteiger partial charge is 0.411 e. The van der Waals surface area contributed by atoms with Crippen LogP contribution in [0.25, 0.3) is 0 Å². The van der Waals surface area contributed by atoms with Crippen molar-refractivity contribution < 1.29 is 14.6 Å². The molecule has 2 N–H and O–H groups in total. The zero-order valence-corrected chi connectivity index (χ0v) is 8.46. The van der Waals surface area contributed by atoms with Gasteiger partial charge in [0.25, 0.3) is 0 Å². The Hall–Kier alpha value is -1.23. The van der Waals surface area contributed by atoms with Crippen LogP contribution in [-0.4, -0.2) is 18.3 Å². The van der Waals surface area contributed by atoms with Gasteiger partial charge in [-0.1, -0.05) is 15.9 Å². The largest absolute Gasteiger partial charge is 0.506 e. The first kappa shape index (κ1) is 9.85. The van der Waals surface area contributed by atoms with Crippen molar-refractivity contribution >= 4 is 27.7 Å². The van der Waals surface area contributed by atoms with Gasteiger partial charge in [-0.05, 0) is 18.2 Å². The van der Waals surface area contributed by atoms with Gasteiger partial charge >= 0.3 is 6.09 Å². The Balaban J connectivity index is 2.83. The van der Waals surface area contributed by atoms with Gasteiger partial charge in [0.1, 0.15) is 5.75 Å². The highest BCUT2D eigenvalue weighted by atomic mass is 79.9. The van der Waals surface area contributed by atoms with Crippen molar-refractivity contribution in [3.8, 4) is 5.75 Å². The van der Waals surface area contributed by atoms with Gasteiger partial charge in [-0.2, -0.15) is 0 Å². The summed E-state index contributed by atoms with van der Waals surface area (Å²) < 4.78 is 5.10. The number of rotatable bonds is 1. The number of carbonyl (C=O) groups excluding carboxylic acids is 1. The van der Waals surface area contributed by atoms with E-state index in [9.17, 15) is 9.90 Å². The van der Waals surface area contributed by atoms with E-state index in [1.807, 2.05) is 0 Å². The standard InChI is InChI=1S/C8H8BrNO3/c1-13-8(12)10-6-3-2-5(9)4-7(6)11/h2-4,11H,1H3,(H,10,12). The number of ether oxygens (including phenoxy) is 1. The fraction of sp³-hybridized carbons (Fsp3) is 0.125. The number of methoxy groups -OCH3 is 1. The van der Waals surface area contributed by atoms with Crippen molar-refractivity contribution in [2.24, 2.45) is 0 Å². The van der Waals surface area contributed by atoms with Gasteiger partial charge in [-0.25, -0.2) is 4.79 Å². The predicted molar refractivity (Wildman–Crippen MR) is 51.8 cm³/mol. The molecule has 1 amide bonds. The van der Waals surface area contributed by atoms with Gasteiger partial charge in [0.05, 0.1) is 12.8 Å². The molecule has 1 aromatic carbocycles. The van der Waals surface area contributed by atoms with Gasteiger partial charge in [0.15, 0.2) is 0 Å². The third-order valence-electron chi connectivity index (χ3n) is 1.38. The lowest BCUT2D eigenvalue weighted by atomic mass is 10.3. The summed E-state index contributed by atoms with van der Waals surface area (Å²) in [5.74, 6) is -0.0141. The second-order valence-corrected chi connectivity index (χ2v) is 3.19. The zero-order valence-electron chi connectivity index (χ0n) is 6.87. The molecule has 0 bridgehead atoms. The van der Waals surface area contributed by atoms with Crippen LogP contribution in [-0.2, 0) is 4.74 Å². The number of hydrogen-bond donors (Lipinski definition) is 2. The van der Waals surface area contributed by atoms with Gasteiger partial charge in [-0.3, -0.25) is 5.32 Å². The normalized spacial score (nSPS) is 9.38. The van der Waals surface area contributed by atoms with Crippen LogP contribution in [0, 0.1) is 0 Å². The first-order valence-electron chi connectivity index (χ1n) is 3.47. The molecule has 13 heavy (non-hydrogen) atoms. The van der Waals surface area contributed by atoms with Crippen molar-refractivity contribution in [1.29, 1.82) is 0 Å². The first-order chi connectivity index (χ1) is 6.13. The zero-order chi connectivity index (χ0) is 9.84. The average Bonchev–Trinajstić information content (AvgIpc) is 2.09. The molecule has 1 rings (SSSR count). The third-order valence-corrected chi connectivity index (χ3v) is 1.88. The molecule has 0 saturated heterocycles. The molecule has 0 fully saturated rings. The summed E-state index contributed by atoms with van der Waals surface area (Å²) in [6.07, 6.45) is -0.613. The van der Waals surface area contributed by atoms with E-state index in [1.165, 1.54) is 13.2 Å². The summed E-state index contributed by atoms with van der Waals surface area (Å²) in [6, 6.07) is 4.74. The quantitative estimate of drug-likeness (QED) is 0.747. The van der Waals surface area contributed by atoms with E-state index >= 15 is 0 Å². The van der Waals surface area contributed by atoms with Crippen molar-refractivity contribution in [2.45, 2.75) is 0 Å². The summed E-state index contributed by atoms with van der Waals surface area (Å²) in [5, 5.41) is 11.7. The number of amides is 1. The molecule has 0 atom stereocenters. The van der Waals surface area contributed by atoms with Crippen LogP contribution in [0.5, 0.6) is 5.75 Å². The summed E-state index contributed by atoms with van der Waals surface area (Å²) in [5.41, 5.74) is 0.315. The van der Waals surface area contributed by atoms with Crippen LogP contribution in [0.1, 0.15) is 0 Å². The number of benzene rings is 1. The minimum atomic E-state index is -0.613. The maximum Gasteiger partial charge on any atom is 0.411 e. The Morgan fingerprint density at radius 1 is 1.62 bits per heavy atom. The summed E-state index contributed by atoms with van der Waals surface area (Å²) in [4.78, 5) is 10.8. The number of halogens is 1. The maximum absolute atomic E-state index is 10.8. The van der Waals surface area contributed by atoms with E-state index in [1.54, 1.807) is 12.1 Å². The molecule has 0 aliphatic carbocycles. The molecule has 1 aromatic rings. The second-order valence-electron chi connectivity index (χ2n) is 2.28. The highest BCUT2D eigenvalue weighted by Crippen LogP contribution is 2.26. The number of anilines is 1. The molecule has 0 aromatic heterocycles. The summed E-state index contributed by atoms with van der Waals surface area (Å²) >= 11 is 3.18. The predicted octanol–water partition coefficient (Wildman–Crippen LogP) is 2.33. The fourth-order valence-corrected chi connectivity index (χ4v) is 1.12. The van der Waals surface area contributed by atoms with E-state index in [-0.39, 0.29) is 5.75 Å². The van der Waals surface area contributed by atoms with Crippen molar-refractivity contribution in [1.82, 2.24) is 0 Å². The molecule has 0 spiro atoms. The van der Waals surface area contributed by atoms with E-state index in [4.69, 9.17) is 0 Å². The third kappa shape index (κ3) is 2.62. The number of phenols is 1. The van der Waals surface area contributed by atoms with Crippen LogP contribution >= 0.6 is 15.9 Å². The lowest BCUT2D eigenvalue weighted by molar-refractivity contribution is 0.187. The van der Waals surface area contributed by atoms with E-state index in [0.717, 1.165) is 4.47 Å². The molecule has 0 radical (unpaired) electrons. The van der Waals surface area contributed by atoms with E-state index < -0.39 is 6.09 Å². The van der Waals surface area contributed by atoms with Gasteiger partial charge < -0.3 is 9.84 Å². The Labute approximate surface area is 83.6 Å². The average molecular weight is 246 g/mol. The fourth-order valence-electron chi connectivity index (χ4n) is 0.771.